The number of methoxy groups -OCH3 is 2. The van der Waals surface area contributed by atoms with Crippen molar-refractivity contribution in [2.75, 3.05) is 45.4 Å². The number of carbonyl (C=O) groups excluding carboxylic acids is 1. The number of rotatable bonds is 8. The summed E-state index contributed by atoms with van der Waals surface area (Å²) in [6.07, 6.45) is 0. The number of hydrogen-bond donors (Lipinski definition) is 1. The van der Waals surface area contributed by atoms with Crippen LogP contribution in [0, 0.1) is 0 Å². The topological polar surface area (TPSA) is 94.9 Å². The van der Waals surface area contributed by atoms with Crippen LogP contribution in [0.2, 0.25) is 0 Å². The highest BCUT2D eigenvalue weighted by Gasteiger charge is 2.21. The third-order valence-electron chi connectivity index (χ3n) is 4.90. The van der Waals surface area contributed by atoms with Gasteiger partial charge in [-0.3, -0.25) is 14.2 Å². The third kappa shape index (κ3) is 5.37. The molecule has 30 heavy (non-hydrogen) atoms. The van der Waals surface area contributed by atoms with Gasteiger partial charge in [0.15, 0.2) is 0 Å². The molecule has 2 heterocycles. The van der Waals surface area contributed by atoms with Crippen LogP contribution in [-0.2, 0) is 27.4 Å². The lowest BCUT2D eigenvalue weighted by molar-refractivity contribution is -0.122. The Bertz CT molecular complexity index is 924. The summed E-state index contributed by atoms with van der Waals surface area (Å²) in [5.41, 5.74) is 1.16. The van der Waals surface area contributed by atoms with Gasteiger partial charge in [-0.15, -0.1) is 0 Å². The predicted molar refractivity (Wildman–Crippen MR) is 112 cm³/mol. The van der Waals surface area contributed by atoms with Crippen LogP contribution in [0.3, 0.4) is 0 Å². The molecule has 1 aliphatic rings. The van der Waals surface area contributed by atoms with Gasteiger partial charge in [-0.25, -0.2) is 4.98 Å². The van der Waals surface area contributed by atoms with Gasteiger partial charge < -0.3 is 24.4 Å². The minimum atomic E-state index is -0.289. The second-order valence-corrected chi connectivity index (χ2v) is 7.07. The molecule has 0 bridgehead atoms. The van der Waals surface area contributed by atoms with Gasteiger partial charge in [0, 0.05) is 26.3 Å². The van der Waals surface area contributed by atoms with Crippen molar-refractivity contribution in [3.05, 3.63) is 51.9 Å². The number of benzene rings is 1. The summed E-state index contributed by atoms with van der Waals surface area (Å²) in [5, 5.41) is 2.94. The molecular weight excluding hydrogens is 388 g/mol. The molecule has 0 spiro atoms. The average Bonchev–Trinajstić information content (AvgIpc) is 2.76. The Morgan fingerprint density at radius 3 is 2.73 bits per heavy atom. The third-order valence-corrected chi connectivity index (χ3v) is 4.90. The fourth-order valence-electron chi connectivity index (χ4n) is 3.34. The molecule has 9 heteroatoms. The molecule has 1 saturated heterocycles. The van der Waals surface area contributed by atoms with Crippen LogP contribution in [0.25, 0.3) is 0 Å². The zero-order chi connectivity index (χ0) is 21.5. The van der Waals surface area contributed by atoms with Crippen LogP contribution in [0.4, 0.5) is 5.95 Å². The molecule has 9 nitrogen and oxygen atoms in total. The van der Waals surface area contributed by atoms with Crippen LogP contribution < -0.4 is 20.5 Å². The molecule has 1 aliphatic heterocycles. The van der Waals surface area contributed by atoms with E-state index in [0.29, 0.717) is 37.9 Å². The first-order chi connectivity index (χ1) is 14.5. The van der Waals surface area contributed by atoms with Crippen LogP contribution in [0.1, 0.15) is 24.2 Å². The highest BCUT2D eigenvalue weighted by atomic mass is 16.5. The fraction of sp³-hybridized carbons (Fsp3) is 0.476. The van der Waals surface area contributed by atoms with Gasteiger partial charge in [-0.05, 0) is 24.6 Å². The number of hydrogen-bond acceptors (Lipinski definition) is 7. The molecule has 1 N–H and O–H groups in total. The van der Waals surface area contributed by atoms with E-state index < -0.39 is 0 Å². The number of nitrogens with zero attached hydrogens (tertiary/aromatic N) is 3. The van der Waals surface area contributed by atoms with Gasteiger partial charge >= 0.3 is 0 Å². The molecule has 1 amide bonds. The molecule has 1 aromatic heterocycles. The van der Waals surface area contributed by atoms with Crippen LogP contribution in [-0.4, -0.2) is 56.0 Å². The molecule has 1 fully saturated rings. The Kier molecular flexibility index (Phi) is 7.42. The van der Waals surface area contributed by atoms with E-state index in [0.717, 1.165) is 11.3 Å². The monoisotopic (exact) mass is 416 g/mol. The van der Waals surface area contributed by atoms with E-state index in [-0.39, 0.29) is 30.7 Å². The molecule has 1 aromatic carbocycles. The van der Waals surface area contributed by atoms with E-state index in [1.54, 1.807) is 14.2 Å². The maximum absolute atomic E-state index is 12.8. The Labute approximate surface area is 175 Å². The molecular formula is C21H28N4O5. The number of anilines is 1. The minimum absolute atomic E-state index is 0.125. The lowest BCUT2D eigenvalue weighted by atomic mass is 10.1. The second-order valence-electron chi connectivity index (χ2n) is 7.07. The summed E-state index contributed by atoms with van der Waals surface area (Å²) >= 11 is 0. The summed E-state index contributed by atoms with van der Waals surface area (Å²) in [7, 11) is 3.15. The Morgan fingerprint density at radius 1 is 1.27 bits per heavy atom. The predicted octanol–water partition coefficient (Wildman–Crippen LogP) is 1.11. The smallest absolute Gasteiger partial charge is 0.255 e. The number of ether oxygens (including phenoxy) is 3. The number of aromatic nitrogens is 2. The summed E-state index contributed by atoms with van der Waals surface area (Å²) < 4.78 is 17.2. The Balaban J connectivity index is 1.80. The van der Waals surface area contributed by atoms with Crippen molar-refractivity contribution in [2.24, 2.45) is 0 Å². The van der Waals surface area contributed by atoms with Crippen molar-refractivity contribution in [1.82, 2.24) is 14.9 Å². The summed E-state index contributed by atoms with van der Waals surface area (Å²) in [6.45, 7) is 4.28. The molecule has 2 aromatic rings. The lowest BCUT2D eigenvalue weighted by Crippen LogP contribution is -2.42. The number of carbonyl (C=O) groups is 1. The van der Waals surface area contributed by atoms with E-state index in [1.165, 1.54) is 10.6 Å². The number of morpholine rings is 1. The Morgan fingerprint density at radius 2 is 2.03 bits per heavy atom. The van der Waals surface area contributed by atoms with Crippen molar-refractivity contribution in [1.29, 1.82) is 0 Å². The van der Waals surface area contributed by atoms with E-state index >= 15 is 0 Å². The van der Waals surface area contributed by atoms with Crippen molar-refractivity contribution < 1.29 is 19.0 Å². The van der Waals surface area contributed by atoms with Gasteiger partial charge in [0.2, 0.25) is 11.9 Å². The normalized spacial score (nSPS) is 15.0. The van der Waals surface area contributed by atoms with Crippen molar-refractivity contribution in [2.45, 2.75) is 26.1 Å². The van der Waals surface area contributed by atoms with E-state index in [9.17, 15) is 9.59 Å². The van der Waals surface area contributed by atoms with Gasteiger partial charge in [-0.1, -0.05) is 12.1 Å². The van der Waals surface area contributed by atoms with E-state index in [4.69, 9.17) is 14.2 Å². The molecule has 1 atom stereocenters. The maximum atomic E-state index is 12.8. The average molecular weight is 416 g/mol. The summed E-state index contributed by atoms with van der Waals surface area (Å²) in [6, 6.07) is 8.68. The number of nitrogens with one attached hydrogen (secondary N) is 1. The van der Waals surface area contributed by atoms with Crippen molar-refractivity contribution >= 4 is 11.9 Å². The highest BCUT2D eigenvalue weighted by molar-refractivity contribution is 5.76. The molecule has 0 unspecified atom stereocenters. The van der Waals surface area contributed by atoms with Crippen molar-refractivity contribution in [3.63, 3.8) is 0 Å². The lowest BCUT2D eigenvalue weighted by Gasteiger charge is -2.30. The standard InChI is InChI=1S/C21H28N4O5/c1-15(16-5-4-6-18(11-16)29-3)22-19(26)13-25-20(27)12-17(14-28-2)23-21(25)24-7-9-30-10-8-24/h4-6,11-12,15H,7-10,13-14H2,1-3H3,(H,22,26)/t15-/m1/s1. The SMILES string of the molecule is COCc1cc(=O)n(CC(=O)N[C@H](C)c2cccc(OC)c2)c(N2CCOCC2)n1. The van der Waals surface area contributed by atoms with Gasteiger partial charge in [0.1, 0.15) is 12.3 Å². The Hall–Kier alpha value is -2.91. The summed E-state index contributed by atoms with van der Waals surface area (Å²) in [4.78, 5) is 32.0. The van der Waals surface area contributed by atoms with Crippen molar-refractivity contribution in [3.8, 4) is 5.75 Å². The minimum Gasteiger partial charge on any atom is -0.497 e. The summed E-state index contributed by atoms with van der Waals surface area (Å²) in [5.74, 6) is 0.905. The number of amides is 1. The highest BCUT2D eigenvalue weighted by Crippen LogP contribution is 2.19. The first kappa shape index (κ1) is 21.8. The fourth-order valence-corrected chi connectivity index (χ4v) is 3.34. The van der Waals surface area contributed by atoms with Crippen LogP contribution in [0.5, 0.6) is 5.75 Å². The molecule has 162 valence electrons. The molecule has 0 radical (unpaired) electrons. The zero-order valence-electron chi connectivity index (χ0n) is 17.6. The van der Waals surface area contributed by atoms with Gasteiger partial charge in [-0.2, -0.15) is 0 Å². The van der Waals surface area contributed by atoms with E-state index in [2.05, 4.69) is 10.3 Å². The maximum Gasteiger partial charge on any atom is 0.255 e. The first-order valence-electron chi connectivity index (χ1n) is 9.87. The van der Waals surface area contributed by atoms with Gasteiger partial charge in [0.25, 0.3) is 5.56 Å². The second kappa shape index (κ2) is 10.2. The largest absolute Gasteiger partial charge is 0.497 e. The molecule has 0 saturated carbocycles. The zero-order valence-corrected chi connectivity index (χ0v) is 17.6. The van der Waals surface area contributed by atoms with Gasteiger partial charge in [0.05, 0.1) is 38.7 Å². The van der Waals surface area contributed by atoms with Crippen LogP contribution >= 0.6 is 0 Å². The quantitative estimate of drug-likeness (QED) is 0.689. The van der Waals surface area contributed by atoms with E-state index in [1.807, 2.05) is 36.1 Å². The molecule has 0 aliphatic carbocycles. The first-order valence-corrected chi connectivity index (χ1v) is 9.87. The van der Waals surface area contributed by atoms with Crippen LogP contribution in [0.15, 0.2) is 35.1 Å². The molecule has 3 rings (SSSR count).